The third-order valence-corrected chi connectivity index (χ3v) is 6.16. The highest BCUT2D eigenvalue weighted by Gasteiger charge is 2.27. The fourth-order valence-corrected chi connectivity index (χ4v) is 3.99. The van der Waals surface area contributed by atoms with Gasteiger partial charge in [-0.2, -0.15) is 0 Å². The van der Waals surface area contributed by atoms with Gasteiger partial charge in [0.05, 0.1) is 23.1 Å². The summed E-state index contributed by atoms with van der Waals surface area (Å²) >= 11 is 0. The first-order valence-corrected chi connectivity index (χ1v) is 9.84. The first-order valence-electron chi connectivity index (χ1n) is 8.36. The molecule has 0 aliphatic heterocycles. The molecular formula is C17H24N2O6S. The number of ether oxygens (including phenoxy) is 1. The van der Waals surface area contributed by atoms with Gasteiger partial charge in [0.1, 0.15) is 0 Å². The topological polar surface area (TPSA) is 113 Å². The molecule has 2 rings (SSSR count). The summed E-state index contributed by atoms with van der Waals surface area (Å²) in [7, 11) is -0.530. The second kappa shape index (κ2) is 8.61. The van der Waals surface area contributed by atoms with Gasteiger partial charge in [-0.15, -0.1) is 0 Å². The average Bonchev–Trinajstić information content (AvgIpc) is 2.65. The van der Waals surface area contributed by atoms with E-state index >= 15 is 0 Å². The number of hydrogen-bond donors (Lipinski definition) is 2. The van der Waals surface area contributed by atoms with Gasteiger partial charge in [0.25, 0.3) is 0 Å². The molecular weight excluding hydrogens is 360 g/mol. The molecule has 1 aromatic carbocycles. The predicted octanol–water partition coefficient (Wildman–Crippen LogP) is 1.08. The third-order valence-electron chi connectivity index (χ3n) is 4.74. The molecule has 0 atom stereocenters. The standard InChI is InChI=1S/C17H24N2O6S/c1-19(13-5-7-14(25-2)8-6-13)16(20)11-18-26(23,24)15-9-3-12(4-10-15)17(21)22/h3-4,9-10,13-14,18H,5-8,11H2,1-2H3,(H,21,22). The Balaban J connectivity index is 1.92. The van der Waals surface area contributed by atoms with Gasteiger partial charge in [-0.1, -0.05) is 0 Å². The SMILES string of the molecule is COC1CCC(N(C)C(=O)CNS(=O)(=O)c2ccc(C(=O)O)cc2)CC1. The summed E-state index contributed by atoms with van der Waals surface area (Å²) in [5.74, 6) is -1.45. The smallest absolute Gasteiger partial charge is 0.335 e. The van der Waals surface area contributed by atoms with Crippen molar-refractivity contribution in [2.75, 3.05) is 20.7 Å². The Morgan fingerprint density at radius 3 is 2.27 bits per heavy atom. The van der Waals surface area contributed by atoms with Crippen LogP contribution in [0.25, 0.3) is 0 Å². The lowest BCUT2D eigenvalue weighted by atomic mass is 9.92. The van der Waals surface area contributed by atoms with Crippen molar-refractivity contribution >= 4 is 21.9 Å². The first kappa shape index (κ1) is 20.3. The molecule has 0 saturated heterocycles. The van der Waals surface area contributed by atoms with Crippen molar-refractivity contribution in [2.45, 2.75) is 42.7 Å². The number of sulfonamides is 1. The molecule has 0 bridgehead atoms. The number of carboxylic acids is 1. The Bertz CT molecular complexity index is 739. The summed E-state index contributed by atoms with van der Waals surface area (Å²) in [6.07, 6.45) is 3.62. The molecule has 1 aliphatic rings. The first-order chi connectivity index (χ1) is 12.2. The number of methoxy groups -OCH3 is 1. The van der Waals surface area contributed by atoms with Crippen molar-refractivity contribution in [3.05, 3.63) is 29.8 Å². The minimum atomic E-state index is -3.89. The lowest BCUT2D eigenvalue weighted by molar-refractivity contribution is -0.131. The molecule has 0 radical (unpaired) electrons. The fourth-order valence-electron chi connectivity index (χ4n) is 3.01. The van der Waals surface area contributed by atoms with E-state index < -0.39 is 16.0 Å². The average molecular weight is 384 g/mol. The number of likely N-dealkylation sites (N-methyl/N-ethyl adjacent to an activating group) is 1. The number of nitrogens with one attached hydrogen (secondary N) is 1. The van der Waals surface area contributed by atoms with E-state index in [1.807, 2.05) is 0 Å². The normalized spacial score (nSPS) is 20.5. The Morgan fingerprint density at radius 2 is 1.77 bits per heavy atom. The zero-order valence-electron chi connectivity index (χ0n) is 14.8. The van der Waals surface area contributed by atoms with Crippen LogP contribution in [-0.2, 0) is 19.6 Å². The van der Waals surface area contributed by atoms with Gasteiger partial charge in [-0.25, -0.2) is 17.9 Å². The number of carboxylic acid groups (broad SMARTS) is 1. The summed E-state index contributed by atoms with van der Waals surface area (Å²) < 4.78 is 32.1. The number of rotatable bonds is 7. The molecule has 0 aromatic heterocycles. The van der Waals surface area contributed by atoms with Crippen molar-refractivity contribution in [1.82, 2.24) is 9.62 Å². The molecule has 1 aromatic rings. The predicted molar refractivity (Wildman–Crippen MR) is 94.4 cm³/mol. The maximum absolute atomic E-state index is 12.3. The van der Waals surface area contributed by atoms with Gasteiger partial charge < -0.3 is 14.7 Å². The molecule has 1 fully saturated rings. The highest BCUT2D eigenvalue weighted by atomic mass is 32.2. The van der Waals surface area contributed by atoms with Crippen LogP contribution in [0, 0.1) is 0 Å². The monoisotopic (exact) mass is 384 g/mol. The van der Waals surface area contributed by atoms with E-state index in [0.29, 0.717) is 0 Å². The van der Waals surface area contributed by atoms with E-state index in [4.69, 9.17) is 9.84 Å². The van der Waals surface area contributed by atoms with Gasteiger partial charge in [0, 0.05) is 20.2 Å². The van der Waals surface area contributed by atoms with E-state index in [-0.39, 0.29) is 35.1 Å². The van der Waals surface area contributed by atoms with E-state index in [0.717, 1.165) is 25.7 Å². The maximum atomic E-state index is 12.3. The molecule has 2 N–H and O–H groups in total. The lowest BCUT2D eigenvalue weighted by Gasteiger charge is -2.34. The maximum Gasteiger partial charge on any atom is 0.335 e. The van der Waals surface area contributed by atoms with Crippen molar-refractivity contribution in [3.8, 4) is 0 Å². The minimum Gasteiger partial charge on any atom is -0.478 e. The summed E-state index contributed by atoms with van der Waals surface area (Å²) in [5.41, 5.74) is -0.00794. The second-order valence-electron chi connectivity index (χ2n) is 6.32. The molecule has 26 heavy (non-hydrogen) atoms. The Kier molecular flexibility index (Phi) is 6.74. The number of amides is 1. The molecule has 1 saturated carbocycles. The molecule has 1 amide bonds. The van der Waals surface area contributed by atoms with Crippen molar-refractivity contribution in [1.29, 1.82) is 0 Å². The molecule has 9 heteroatoms. The molecule has 144 valence electrons. The van der Waals surface area contributed by atoms with Crippen LogP contribution in [-0.4, -0.2) is 63.1 Å². The molecule has 0 heterocycles. The fraction of sp³-hybridized carbons (Fsp3) is 0.529. The second-order valence-corrected chi connectivity index (χ2v) is 8.09. The van der Waals surface area contributed by atoms with E-state index in [2.05, 4.69) is 4.72 Å². The van der Waals surface area contributed by atoms with Crippen molar-refractivity contribution in [3.63, 3.8) is 0 Å². The van der Waals surface area contributed by atoms with E-state index in [1.54, 1.807) is 19.1 Å². The van der Waals surface area contributed by atoms with Crippen molar-refractivity contribution in [2.24, 2.45) is 0 Å². The van der Waals surface area contributed by atoms with Crippen LogP contribution in [0.5, 0.6) is 0 Å². The highest BCUT2D eigenvalue weighted by molar-refractivity contribution is 7.89. The summed E-state index contributed by atoms with van der Waals surface area (Å²) in [5, 5.41) is 8.85. The quantitative estimate of drug-likeness (QED) is 0.727. The molecule has 0 unspecified atom stereocenters. The zero-order chi connectivity index (χ0) is 19.3. The molecule has 8 nitrogen and oxygen atoms in total. The van der Waals surface area contributed by atoms with Crippen LogP contribution in [0.3, 0.4) is 0 Å². The van der Waals surface area contributed by atoms with E-state index in [1.165, 1.54) is 24.3 Å². The number of nitrogens with zero attached hydrogens (tertiary/aromatic N) is 1. The van der Waals surface area contributed by atoms with Crippen LogP contribution in [0.1, 0.15) is 36.0 Å². The van der Waals surface area contributed by atoms with Gasteiger partial charge in [0.15, 0.2) is 0 Å². The molecule has 0 spiro atoms. The van der Waals surface area contributed by atoms with Crippen LogP contribution in [0.15, 0.2) is 29.2 Å². The highest BCUT2D eigenvalue weighted by Crippen LogP contribution is 2.24. The minimum absolute atomic E-state index is 0.00794. The Morgan fingerprint density at radius 1 is 1.19 bits per heavy atom. The largest absolute Gasteiger partial charge is 0.478 e. The lowest BCUT2D eigenvalue weighted by Crippen LogP contribution is -2.45. The molecule has 1 aliphatic carbocycles. The number of benzene rings is 1. The van der Waals surface area contributed by atoms with Gasteiger partial charge in [-0.05, 0) is 49.9 Å². The summed E-state index contributed by atoms with van der Waals surface area (Å²) in [6.45, 7) is -0.344. The summed E-state index contributed by atoms with van der Waals surface area (Å²) in [6, 6.07) is 4.89. The van der Waals surface area contributed by atoms with Gasteiger partial charge in [-0.3, -0.25) is 4.79 Å². The Labute approximate surface area is 153 Å². The summed E-state index contributed by atoms with van der Waals surface area (Å²) in [4.78, 5) is 24.6. The zero-order valence-corrected chi connectivity index (χ0v) is 15.7. The van der Waals surface area contributed by atoms with Gasteiger partial charge in [0.2, 0.25) is 15.9 Å². The van der Waals surface area contributed by atoms with Crippen LogP contribution in [0.4, 0.5) is 0 Å². The number of hydrogen-bond acceptors (Lipinski definition) is 5. The third kappa shape index (κ3) is 5.03. The van der Waals surface area contributed by atoms with Crippen molar-refractivity contribution < 1.29 is 27.9 Å². The number of aromatic carboxylic acids is 1. The number of carbonyl (C=O) groups excluding carboxylic acids is 1. The van der Waals surface area contributed by atoms with Gasteiger partial charge >= 0.3 is 5.97 Å². The van der Waals surface area contributed by atoms with Crippen LogP contribution < -0.4 is 4.72 Å². The van der Waals surface area contributed by atoms with Crippen LogP contribution >= 0.6 is 0 Å². The Hall–Kier alpha value is -1.97. The van der Waals surface area contributed by atoms with E-state index in [9.17, 15) is 18.0 Å². The number of carbonyl (C=O) groups is 2. The van der Waals surface area contributed by atoms with Crippen LogP contribution in [0.2, 0.25) is 0 Å².